The Morgan fingerprint density at radius 2 is 0.636 bits per heavy atom. The van der Waals surface area contributed by atoms with Crippen LogP contribution in [0, 0.1) is 0 Å². The zero-order valence-electron chi connectivity index (χ0n) is 41.0. The van der Waals surface area contributed by atoms with Crippen molar-refractivity contribution < 1.29 is 0 Å². The van der Waals surface area contributed by atoms with Crippen molar-refractivity contribution in [3.05, 3.63) is 72.8 Å². The lowest BCUT2D eigenvalue weighted by molar-refractivity contribution is 0.808. The summed E-state index contributed by atoms with van der Waals surface area (Å²) >= 11 is 0. The molecule has 3 aliphatic rings. The standard InChI is InChI=1S/C48H3B29/c1-2(49)20(50)34(64)16-12-19(37(67)46(76)44(74)30(12)60)48(47(16)77)17-3(11-18(48)36(66)45(75)43(73)29(11)59)4(24(54)35(17)65)13-22(52)15(33(63)38(68)32(13)62)14-21(51)5-6(23(53)31(14)61)8-10(28(58)42(72)40(70)26(8)56)9-7(5)25(55)39(69)41(71)27(9)57/h4H,1H2/b34-20-. The molecule has 0 bridgehead atoms. The summed E-state index contributed by atoms with van der Waals surface area (Å²) in [5, 5.41) is 0.748. The molecule has 0 aromatic heterocycles. The monoisotopic (exact) mass is 898 g/mol. The van der Waals surface area contributed by atoms with Crippen LogP contribution in [0.4, 0.5) is 0 Å². The molecule has 0 amide bonds. The maximum Gasteiger partial charge on any atom is 0.115 e. The highest BCUT2D eigenvalue weighted by Crippen LogP contribution is 2.65. The Balaban J connectivity index is 1.40. The topological polar surface area (TPSA) is 0 Å². The SMILES string of the molecule is [B]C(=C)/C([B])=C(/[B])C1=C([B])C2(C3=C(c4c([B])c([B])c([B])c([B])c42)C(c2c([B])c([B])c([B])c(-c4c([B])c([B])c5c6c([B])c([B])c([B])c([B])c6c6c([B])c([B])c([B])c([B])c6c5c4[B])c2[B])C([B])=C3[B])c2c([B])c([B])c([B])c([B])c21. The normalized spacial score (nSPS) is 17.1. The lowest BCUT2D eigenvalue weighted by Gasteiger charge is -2.39. The Kier molecular flexibility index (Phi) is 13.5. The predicted molar refractivity (Wildman–Crippen MR) is 356 cm³/mol. The molecule has 7 aromatic rings. The highest BCUT2D eigenvalue weighted by molar-refractivity contribution is 6.76. The van der Waals surface area contributed by atoms with Gasteiger partial charge in [-0.3, -0.25) is 0 Å². The Bertz CT molecular complexity index is 4230. The summed E-state index contributed by atoms with van der Waals surface area (Å²) in [5.41, 5.74) is -5.80. The van der Waals surface area contributed by atoms with Crippen molar-refractivity contribution in [3.63, 3.8) is 0 Å². The quantitative estimate of drug-likeness (QED) is 0.0938. The van der Waals surface area contributed by atoms with Crippen LogP contribution in [-0.4, -0.2) is 228 Å². The Morgan fingerprint density at radius 3 is 1.06 bits per heavy atom. The van der Waals surface area contributed by atoms with Crippen LogP contribution in [0.3, 0.4) is 0 Å². The highest BCUT2D eigenvalue weighted by Gasteiger charge is 2.58. The van der Waals surface area contributed by atoms with Crippen LogP contribution >= 0.6 is 0 Å². The third-order valence-electron chi connectivity index (χ3n) is 15.9. The molecular formula is C48H3B29. The maximum atomic E-state index is 7.50. The molecule has 29 heteroatoms. The summed E-state index contributed by atoms with van der Waals surface area (Å²) in [6, 6.07) is 0. The fourth-order valence-corrected chi connectivity index (χ4v) is 12.1. The summed E-state index contributed by atoms with van der Waals surface area (Å²) in [5.74, 6) is -1.37. The van der Waals surface area contributed by atoms with E-state index in [-0.39, 0.29) is 246 Å². The molecule has 0 N–H and O–H groups in total. The molecule has 2 atom stereocenters. The van der Waals surface area contributed by atoms with Crippen LogP contribution in [0.1, 0.15) is 33.7 Å². The van der Waals surface area contributed by atoms with Crippen molar-refractivity contribution in [2.24, 2.45) is 0 Å². The van der Waals surface area contributed by atoms with E-state index in [0.29, 0.717) is 0 Å². The van der Waals surface area contributed by atoms with Crippen molar-refractivity contribution in [1.82, 2.24) is 0 Å². The van der Waals surface area contributed by atoms with Gasteiger partial charge in [-0.1, -0.05) is 87.5 Å². The van der Waals surface area contributed by atoms with E-state index >= 15 is 0 Å². The molecule has 77 heavy (non-hydrogen) atoms. The number of fused-ring (bicyclic) bond motifs is 12. The molecule has 0 saturated heterocycles. The zero-order valence-corrected chi connectivity index (χ0v) is 41.0. The van der Waals surface area contributed by atoms with Crippen LogP contribution in [0.25, 0.3) is 54.6 Å². The van der Waals surface area contributed by atoms with Gasteiger partial charge in [-0.2, -0.15) is 0 Å². The third-order valence-corrected chi connectivity index (χ3v) is 15.9. The molecule has 0 aliphatic heterocycles. The molecule has 1 spiro atoms. The molecule has 0 fully saturated rings. The van der Waals surface area contributed by atoms with E-state index in [1.54, 1.807) is 0 Å². The molecule has 10 rings (SSSR count). The van der Waals surface area contributed by atoms with Crippen molar-refractivity contribution in [3.8, 4) is 11.1 Å². The summed E-state index contributed by atoms with van der Waals surface area (Å²) in [6.45, 7) is 3.76. The Labute approximate surface area is 488 Å². The van der Waals surface area contributed by atoms with Gasteiger partial charge < -0.3 is 0 Å². The van der Waals surface area contributed by atoms with E-state index in [0.717, 1.165) is 0 Å². The van der Waals surface area contributed by atoms with E-state index in [2.05, 4.69) is 6.58 Å². The Morgan fingerprint density at radius 1 is 0.325 bits per heavy atom. The van der Waals surface area contributed by atoms with Gasteiger partial charge >= 0.3 is 0 Å². The first kappa shape index (κ1) is 56.2. The van der Waals surface area contributed by atoms with Crippen LogP contribution in [0.5, 0.6) is 0 Å². The lowest BCUT2D eigenvalue weighted by atomic mass is 9.51. The van der Waals surface area contributed by atoms with Crippen molar-refractivity contribution in [2.75, 3.05) is 0 Å². The first-order chi connectivity index (χ1) is 35.8. The molecule has 0 heterocycles. The zero-order chi connectivity index (χ0) is 57.1. The fourth-order valence-electron chi connectivity index (χ4n) is 12.1. The van der Waals surface area contributed by atoms with Crippen molar-refractivity contribution in [2.45, 2.75) is 11.3 Å². The molecular weight excluding hydrogens is 890 g/mol. The minimum Gasteiger partial charge on any atom is -0.113 e. The van der Waals surface area contributed by atoms with Crippen molar-refractivity contribution >= 4 is 397 Å². The summed E-state index contributed by atoms with van der Waals surface area (Å²) in [7, 11) is 199. The third kappa shape index (κ3) is 6.76. The average Bonchev–Trinajstić information content (AvgIpc) is 2.57. The molecule has 0 saturated carbocycles. The van der Waals surface area contributed by atoms with Crippen molar-refractivity contribution in [1.29, 1.82) is 0 Å². The minimum absolute atomic E-state index is 0.0106. The van der Waals surface area contributed by atoms with Crippen LogP contribution < -0.4 is 126 Å². The number of hydrogen-bond acceptors (Lipinski definition) is 0. The van der Waals surface area contributed by atoms with Gasteiger partial charge in [-0.15, -0.1) is 83.1 Å². The Hall–Kier alpha value is -4.10. The van der Waals surface area contributed by atoms with E-state index in [9.17, 15) is 0 Å². The molecule has 2 unspecified atom stereocenters. The molecule has 3 aliphatic carbocycles. The summed E-state index contributed by atoms with van der Waals surface area (Å²) < 4.78 is 0. The summed E-state index contributed by atoms with van der Waals surface area (Å²) in [4.78, 5) is 0. The van der Waals surface area contributed by atoms with Gasteiger partial charge in [-0.05, 0) is 82.4 Å². The number of hydrogen-bond donors (Lipinski definition) is 0. The molecule has 282 valence electrons. The van der Waals surface area contributed by atoms with E-state index in [1.165, 1.54) is 0 Å². The summed E-state index contributed by atoms with van der Waals surface area (Å²) in [6.07, 6.45) is 0. The second-order valence-electron chi connectivity index (χ2n) is 19.4. The van der Waals surface area contributed by atoms with Crippen LogP contribution in [-0.2, 0) is 5.41 Å². The molecule has 7 aromatic carbocycles. The largest absolute Gasteiger partial charge is 0.115 e. The highest BCUT2D eigenvalue weighted by atomic mass is 14.6. The van der Waals surface area contributed by atoms with Crippen LogP contribution in [0.2, 0.25) is 0 Å². The smallest absolute Gasteiger partial charge is 0.113 e. The average molecular weight is 893 g/mol. The van der Waals surface area contributed by atoms with Gasteiger partial charge in [-0.25, -0.2) is 0 Å². The predicted octanol–water partition coefficient (Wildman–Crippen LogP) is -18.4. The van der Waals surface area contributed by atoms with Gasteiger partial charge in [0.25, 0.3) is 0 Å². The van der Waals surface area contributed by atoms with Gasteiger partial charge in [0.05, 0.1) is 5.41 Å². The van der Waals surface area contributed by atoms with Gasteiger partial charge in [0, 0.05) is 5.92 Å². The number of benzene rings is 7. The van der Waals surface area contributed by atoms with E-state index < -0.39 is 11.3 Å². The van der Waals surface area contributed by atoms with Gasteiger partial charge in [0.2, 0.25) is 0 Å². The van der Waals surface area contributed by atoms with Crippen LogP contribution in [0.15, 0.2) is 45.0 Å². The van der Waals surface area contributed by atoms with Gasteiger partial charge in [0.15, 0.2) is 0 Å². The lowest BCUT2D eigenvalue weighted by Crippen LogP contribution is -2.55. The fraction of sp³-hybridized carbons (Fsp3) is 0.0417. The van der Waals surface area contributed by atoms with E-state index in [4.69, 9.17) is 228 Å². The van der Waals surface area contributed by atoms with Gasteiger partial charge in [0.1, 0.15) is 228 Å². The second kappa shape index (κ2) is 18.5. The minimum atomic E-state index is -2.01. The number of rotatable bonds is 4. The van der Waals surface area contributed by atoms with E-state index in [1.807, 2.05) is 0 Å². The first-order valence-corrected chi connectivity index (χ1v) is 22.8. The molecule has 58 radical (unpaired) electrons. The maximum absolute atomic E-state index is 7.50. The first-order valence-electron chi connectivity index (χ1n) is 22.8. The number of allylic oxidation sites excluding steroid dienone is 9. The molecule has 0 nitrogen and oxygen atoms in total. The second-order valence-corrected chi connectivity index (χ2v) is 19.4.